The maximum Gasteiger partial charge on any atom is 0.421 e. The molecule has 1 amide bonds. The van der Waals surface area contributed by atoms with E-state index < -0.39 is 41.5 Å². The number of halogens is 6. The molecule has 1 fully saturated rings. The van der Waals surface area contributed by atoms with Gasteiger partial charge in [0.25, 0.3) is 5.56 Å². The highest BCUT2D eigenvalue weighted by molar-refractivity contribution is 5.92. The molecule has 1 aromatic heterocycles. The monoisotopic (exact) mass is 479 g/mol. The van der Waals surface area contributed by atoms with Gasteiger partial charge >= 0.3 is 12.4 Å². The van der Waals surface area contributed by atoms with Crippen LogP contribution >= 0.6 is 0 Å². The van der Waals surface area contributed by atoms with E-state index in [1.54, 1.807) is 0 Å². The molecule has 1 saturated carbocycles. The van der Waals surface area contributed by atoms with Crippen LogP contribution in [0.4, 0.5) is 32.0 Å². The Bertz CT molecular complexity index is 1080. The number of carbonyl (C=O) groups excluding carboxylic acids is 1. The Kier molecular flexibility index (Phi) is 7.00. The molecule has 2 aromatic rings. The summed E-state index contributed by atoms with van der Waals surface area (Å²) in [5, 5.41) is 6.01. The summed E-state index contributed by atoms with van der Waals surface area (Å²) in [5.41, 5.74) is -4.41. The third-order valence-corrected chi connectivity index (χ3v) is 4.71. The van der Waals surface area contributed by atoms with Crippen molar-refractivity contribution in [3.63, 3.8) is 0 Å². The minimum absolute atomic E-state index is 0.0254. The molecule has 33 heavy (non-hydrogen) atoms. The van der Waals surface area contributed by atoms with Gasteiger partial charge in [-0.2, -0.15) is 31.4 Å². The van der Waals surface area contributed by atoms with Gasteiger partial charge in [-0.1, -0.05) is 0 Å². The van der Waals surface area contributed by atoms with Gasteiger partial charge < -0.3 is 14.8 Å². The van der Waals surface area contributed by atoms with Crippen LogP contribution in [0.1, 0.15) is 35.6 Å². The third-order valence-electron chi connectivity index (χ3n) is 4.71. The number of alkyl halides is 6. The Morgan fingerprint density at radius 3 is 2.39 bits per heavy atom. The van der Waals surface area contributed by atoms with Gasteiger partial charge in [-0.05, 0) is 37.1 Å². The Hall–Kier alpha value is -3.09. The summed E-state index contributed by atoms with van der Waals surface area (Å²) >= 11 is 0. The highest BCUT2D eigenvalue weighted by Gasteiger charge is 2.38. The number of amides is 1. The Labute approximate surface area is 183 Å². The average molecular weight is 479 g/mol. The number of ether oxygens (including phenoxy) is 2. The van der Waals surface area contributed by atoms with Gasteiger partial charge in [0, 0.05) is 13.0 Å². The summed E-state index contributed by atoms with van der Waals surface area (Å²) in [6.07, 6.45) is -8.48. The zero-order valence-corrected chi connectivity index (χ0v) is 17.2. The number of aromatic nitrogens is 2. The maximum atomic E-state index is 13.3. The fraction of sp³-hybridized carbons (Fsp3) is 0.450. The van der Waals surface area contributed by atoms with Gasteiger partial charge in [-0.25, -0.2) is 4.68 Å². The molecule has 0 bridgehead atoms. The van der Waals surface area contributed by atoms with E-state index in [-0.39, 0.29) is 36.3 Å². The van der Waals surface area contributed by atoms with Crippen LogP contribution in [-0.2, 0) is 28.4 Å². The van der Waals surface area contributed by atoms with Gasteiger partial charge in [-0.3, -0.25) is 9.59 Å². The second-order valence-electron chi connectivity index (χ2n) is 7.32. The second-order valence-corrected chi connectivity index (χ2v) is 7.32. The lowest BCUT2D eigenvalue weighted by Crippen LogP contribution is -2.35. The molecule has 1 aliphatic rings. The Morgan fingerprint density at radius 2 is 1.82 bits per heavy atom. The normalized spacial score (nSPS) is 14.3. The van der Waals surface area contributed by atoms with E-state index in [4.69, 9.17) is 9.47 Å². The van der Waals surface area contributed by atoms with Crippen LogP contribution in [0, 0.1) is 0 Å². The quantitative estimate of drug-likeness (QED) is 0.460. The number of methoxy groups -OCH3 is 1. The lowest BCUT2D eigenvalue weighted by molar-refractivity contribution is -0.139. The van der Waals surface area contributed by atoms with Gasteiger partial charge in [0.05, 0.1) is 23.6 Å². The molecule has 1 heterocycles. The minimum Gasteiger partial charge on any atom is -0.489 e. The second kappa shape index (κ2) is 9.41. The maximum absolute atomic E-state index is 13.3. The first-order chi connectivity index (χ1) is 15.4. The van der Waals surface area contributed by atoms with Crippen molar-refractivity contribution in [2.75, 3.05) is 25.6 Å². The van der Waals surface area contributed by atoms with Crippen LogP contribution in [0.5, 0.6) is 5.75 Å². The van der Waals surface area contributed by atoms with Crippen LogP contribution in [0.3, 0.4) is 0 Å². The molecule has 180 valence electrons. The summed E-state index contributed by atoms with van der Waals surface area (Å²) in [7, 11) is 1.38. The molecule has 0 saturated heterocycles. The standard InChI is InChI=1S/C20H19F6N3O4/c1-32-6-7-33-16-5-4-12(19(21,22)23)8-15(16)27-17(30)10-29-18(31)13(20(24,25)26)9-14(28-29)11-2-3-11/h4-5,8-9,11H,2-3,6-7,10H2,1H3,(H,27,30). The summed E-state index contributed by atoms with van der Waals surface area (Å²) in [6.45, 7) is -0.859. The first kappa shape index (κ1) is 24.6. The summed E-state index contributed by atoms with van der Waals surface area (Å²) in [6, 6.07) is 3.04. The van der Waals surface area contributed by atoms with Crippen LogP contribution < -0.4 is 15.6 Å². The van der Waals surface area contributed by atoms with Gasteiger partial charge in [0.1, 0.15) is 24.5 Å². The van der Waals surface area contributed by atoms with E-state index in [0.717, 1.165) is 12.1 Å². The summed E-state index contributed by atoms with van der Waals surface area (Å²) in [4.78, 5) is 24.7. The topological polar surface area (TPSA) is 82.4 Å². The van der Waals surface area contributed by atoms with E-state index in [9.17, 15) is 35.9 Å². The van der Waals surface area contributed by atoms with Crippen molar-refractivity contribution in [1.82, 2.24) is 9.78 Å². The number of nitrogens with zero attached hydrogens (tertiary/aromatic N) is 2. The van der Waals surface area contributed by atoms with Crippen molar-refractivity contribution >= 4 is 11.6 Å². The molecule has 13 heteroatoms. The molecule has 3 rings (SSSR count). The molecule has 0 atom stereocenters. The Balaban J connectivity index is 1.88. The predicted octanol–water partition coefficient (Wildman–Crippen LogP) is 3.82. The number of nitrogens with one attached hydrogen (secondary N) is 1. The number of hydrogen-bond acceptors (Lipinski definition) is 5. The van der Waals surface area contributed by atoms with Gasteiger partial charge in [-0.15, -0.1) is 0 Å². The first-order valence-corrected chi connectivity index (χ1v) is 9.72. The SMILES string of the molecule is COCCOc1ccc(C(F)(F)F)cc1NC(=O)Cn1nc(C2CC2)cc(C(F)(F)F)c1=O. The molecule has 1 aromatic carbocycles. The molecule has 0 spiro atoms. The largest absolute Gasteiger partial charge is 0.489 e. The molecular formula is C20H19F6N3O4. The molecule has 0 radical (unpaired) electrons. The van der Waals surface area contributed by atoms with Gasteiger partial charge in [0.15, 0.2) is 0 Å². The minimum atomic E-state index is -4.95. The van der Waals surface area contributed by atoms with Crippen molar-refractivity contribution in [2.45, 2.75) is 37.7 Å². The lowest BCUT2D eigenvalue weighted by atomic mass is 10.1. The van der Waals surface area contributed by atoms with Crippen molar-refractivity contribution in [1.29, 1.82) is 0 Å². The molecule has 1 N–H and O–H groups in total. The summed E-state index contributed by atoms with van der Waals surface area (Å²) in [5.74, 6) is -1.41. The van der Waals surface area contributed by atoms with Crippen molar-refractivity contribution in [3.05, 3.63) is 51.4 Å². The fourth-order valence-corrected chi connectivity index (χ4v) is 2.94. The zero-order valence-electron chi connectivity index (χ0n) is 17.2. The number of rotatable bonds is 8. The van der Waals surface area contributed by atoms with Crippen LogP contribution in [0.25, 0.3) is 0 Å². The predicted molar refractivity (Wildman–Crippen MR) is 103 cm³/mol. The number of carbonyl (C=O) groups is 1. The fourth-order valence-electron chi connectivity index (χ4n) is 2.94. The van der Waals surface area contributed by atoms with E-state index in [0.29, 0.717) is 29.7 Å². The lowest BCUT2D eigenvalue weighted by Gasteiger charge is -2.16. The molecule has 0 aliphatic heterocycles. The molecular weight excluding hydrogens is 460 g/mol. The molecule has 0 unspecified atom stereocenters. The zero-order chi connectivity index (χ0) is 24.4. The van der Waals surface area contributed by atoms with Crippen LogP contribution in [-0.4, -0.2) is 36.0 Å². The molecule has 7 nitrogen and oxygen atoms in total. The van der Waals surface area contributed by atoms with E-state index in [2.05, 4.69) is 10.4 Å². The van der Waals surface area contributed by atoms with Gasteiger partial charge in [0.2, 0.25) is 5.91 Å². The molecule has 1 aliphatic carbocycles. The van der Waals surface area contributed by atoms with E-state index in [1.165, 1.54) is 7.11 Å². The summed E-state index contributed by atoms with van der Waals surface area (Å²) < 4.78 is 89.5. The van der Waals surface area contributed by atoms with Crippen molar-refractivity contribution in [2.24, 2.45) is 0 Å². The van der Waals surface area contributed by atoms with E-state index >= 15 is 0 Å². The smallest absolute Gasteiger partial charge is 0.421 e. The first-order valence-electron chi connectivity index (χ1n) is 9.72. The van der Waals surface area contributed by atoms with Crippen molar-refractivity contribution in [3.8, 4) is 5.75 Å². The van der Waals surface area contributed by atoms with Crippen LogP contribution in [0.2, 0.25) is 0 Å². The third kappa shape index (κ3) is 6.24. The van der Waals surface area contributed by atoms with Crippen molar-refractivity contribution < 1.29 is 40.6 Å². The number of anilines is 1. The highest BCUT2D eigenvalue weighted by atomic mass is 19.4. The highest BCUT2D eigenvalue weighted by Crippen LogP contribution is 2.40. The average Bonchev–Trinajstić information content (AvgIpc) is 3.54. The number of benzene rings is 1. The number of hydrogen-bond donors (Lipinski definition) is 1. The Morgan fingerprint density at radius 1 is 1.12 bits per heavy atom. The van der Waals surface area contributed by atoms with Crippen LogP contribution in [0.15, 0.2) is 29.1 Å². The van der Waals surface area contributed by atoms with E-state index in [1.807, 2.05) is 0 Å².